The van der Waals surface area contributed by atoms with Gasteiger partial charge in [0.2, 0.25) is 0 Å². The number of methoxy groups -OCH3 is 1. The predicted octanol–water partition coefficient (Wildman–Crippen LogP) is 5.52. The molecule has 3 aromatic rings. The zero-order valence-electron chi connectivity index (χ0n) is 19.7. The number of anilines is 2. The summed E-state index contributed by atoms with van der Waals surface area (Å²) in [6.45, 7) is 2.29. The van der Waals surface area contributed by atoms with Crippen molar-refractivity contribution < 1.29 is 23.8 Å². The molecule has 0 spiro atoms. The number of hydrogen-bond acceptors (Lipinski definition) is 7. The molecule has 0 saturated carbocycles. The highest BCUT2D eigenvalue weighted by Crippen LogP contribution is 2.37. The van der Waals surface area contributed by atoms with Gasteiger partial charge in [-0.05, 0) is 67.1 Å². The molecule has 1 heterocycles. The first kappa shape index (κ1) is 25.3. The molecular weight excluding hydrogens is 496 g/mol. The van der Waals surface area contributed by atoms with Gasteiger partial charge in [-0.15, -0.1) is 0 Å². The van der Waals surface area contributed by atoms with Gasteiger partial charge in [-0.25, -0.2) is 0 Å². The lowest BCUT2D eigenvalue weighted by Gasteiger charge is -2.14. The number of thiocarbonyl (C=S) groups is 1. The van der Waals surface area contributed by atoms with Gasteiger partial charge in [-0.1, -0.05) is 48.2 Å². The van der Waals surface area contributed by atoms with Crippen molar-refractivity contribution in [3.05, 3.63) is 83.3 Å². The van der Waals surface area contributed by atoms with E-state index in [1.807, 2.05) is 37.3 Å². The third-order valence-electron chi connectivity index (χ3n) is 5.10. The minimum absolute atomic E-state index is 0.179. The fourth-order valence-corrected chi connectivity index (χ4v) is 4.75. The van der Waals surface area contributed by atoms with Crippen LogP contribution in [0.2, 0.25) is 0 Å². The van der Waals surface area contributed by atoms with Crippen LogP contribution in [0.1, 0.15) is 12.5 Å². The van der Waals surface area contributed by atoms with Crippen molar-refractivity contribution in [2.75, 3.05) is 30.5 Å². The Morgan fingerprint density at radius 1 is 1.03 bits per heavy atom. The maximum Gasteiger partial charge on any atom is 0.270 e. The van der Waals surface area contributed by atoms with Crippen LogP contribution in [0.4, 0.5) is 11.4 Å². The van der Waals surface area contributed by atoms with Gasteiger partial charge in [0.1, 0.15) is 5.75 Å². The number of nitrogens with zero attached hydrogens (tertiary/aromatic N) is 1. The van der Waals surface area contributed by atoms with E-state index in [0.717, 1.165) is 17.0 Å². The number of amides is 2. The molecule has 184 valence electrons. The topological polar surface area (TPSA) is 77.1 Å². The molecule has 0 aliphatic carbocycles. The molecule has 0 aromatic heterocycles. The summed E-state index contributed by atoms with van der Waals surface area (Å²) in [5.74, 6) is 1.10. The average Bonchev–Trinajstić information content (AvgIpc) is 3.17. The number of hydrogen-bond donors (Lipinski definition) is 1. The van der Waals surface area contributed by atoms with Crippen molar-refractivity contribution in [2.45, 2.75) is 6.92 Å². The van der Waals surface area contributed by atoms with E-state index >= 15 is 0 Å². The predicted molar refractivity (Wildman–Crippen MR) is 147 cm³/mol. The van der Waals surface area contributed by atoms with Gasteiger partial charge in [0.15, 0.2) is 22.4 Å². The molecular formula is C27H24N2O5S2. The lowest BCUT2D eigenvalue weighted by molar-refractivity contribution is -0.118. The Hall–Kier alpha value is -3.82. The van der Waals surface area contributed by atoms with E-state index in [1.165, 1.54) is 23.8 Å². The van der Waals surface area contributed by atoms with Crippen molar-refractivity contribution in [3.8, 4) is 17.2 Å². The molecule has 36 heavy (non-hydrogen) atoms. The van der Waals surface area contributed by atoms with E-state index in [1.54, 1.807) is 48.5 Å². The van der Waals surface area contributed by atoms with Crippen molar-refractivity contribution in [3.63, 3.8) is 0 Å². The Labute approximate surface area is 219 Å². The first-order valence-corrected chi connectivity index (χ1v) is 12.4. The van der Waals surface area contributed by atoms with Crippen LogP contribution in [-0.4, -0.2) is 36.5 Å². The third-order valence-corrected chi connectivity index (χ3v) is 6.40. The normalized spacial score (nSPS) is 14.2. The summed E-state index contributed by atoms with van der Waals surface area (Å²) >= 11 is 6.67. The van der Waals surface area contributed by atoms with E-state index < -0.39 is 0 Å². The van der Waals surface area contributed by atoms with Crippen molar-refractivity contribution in [2.24, 2.45) is 0 Å². The van der Waals surface area contributed by atoms with Crippen LogP contribution in [0.3, 0.4) is 0 Å². The Balaban J connectivity index is 1.40. The molecule has 7 nitrogen and oxygen atoms in total. The van der Waals surface area contributed by atoms with Gasteiger partial charge in [0.05, 0.1) is 24.3 Å². The third kappa shape index (κ3) is 6.05. The van der Waals surface area contributed by atoms with Gasteiger partial charge >= 0.3 is 0 Å². The number of rotatable bonds is 9. The summed E-state index contributed by atoms with van der Waals surface area (Å²) in [6, 6.07) is 21.6. The van der Waals surface area contributed by atoms with Crippen LogP contribution in [0.25, 0.3) is 6.08 Å². The molecule has 3 aromatic carbocycles. The molecule has 4 rings (SSSR count). The van der Waals surface area contributed by atoms with Crippen LogP contribution in [0.5, 0.6) is 17.2 Å². The average molecular weight is 521 g/mol. The molecule has 1 N–H and O–H groups in total. The highest BCUT2D eigenvalue weighted by molar-refractivity contribution is 8.27. The number of carbonyl (C=O) groups excluding carboxylic acids is 2. The van der Waals surface area contributed by atoms with Gasteiger partial charge in [0.25, 0.3) is 11.8 Å². The van der Waals surface area contributed by atoms with Crippen molar-refractivity contribution in [1.82, 2.24) is 0 Å². The maximum atomic E-state index is 13.0. The van der Waals surface area contributed by atoms with Crippen molar-refractivity contribution >= 4 is 57.6 Å². The summed E-state index contributed by atoms with van der Waals surface area (Å²) in [7, 11) is 1.51. The maximum absolute atomic E-state index is 13.0. The molecule has 0 atom stereocenters. The van der Waals surface area contributed by atoms with Crippen LogP contribution in [0.15, 0.2) is 77.7 Å². The van der Waals surface area contributed by atoms with Gasteiger partial charge in [0, 0.05) is 5.69 Å². The van der Waals surface area contributed by atoms with Crippen LogP contribution in [0, 0.1) is 0 Å². The number of carbonyl (C=O) groups is 2. The second-order valence-electron chi connectivity index (χ2n) is 7.56. The van der Waals surface area contributed by atoms with E-state index in [-0.39, 0.29) is 18.4 Å². The second-order valence-corrected chi connectivity index (χ2v) is 9.23. The van der Waals surface area contributed by atoms with E-state index in [4.69, 9.17) is 26.4 Å². The van der Waals surface area contributed by atoms with Crippen molar-refractivity contribution in [1.29, 1.82) is 0 Å². The molecule has 0 radical (unpaired) electrons. The molecule has 0 bridgehead atoms. The zero-order valence-corrected chi connectivity index (χ0v) is 21.4. The molecule has 9 heteroatoms. The van der Waals surface area contributed by atoms with Crippen LogP contribution < -0.4 is 24.4 Å². The summed E-state index contributed by atoms with van der Waals surface area (Å²) in [6.07, 6.45) is 1.76. The second kappa shape index (κ2) is 11.7. The molecule has 2 amide bonds. The minimum atomic E-state index is -0.310. The zero-order chi connectivity index (χ0) is 25.5. The fraction of sp³-hybridized carbons (Fsp3) is 0.148. The van der Waals surface area contributed by atoms with Crippen LogP contribution >= 0.6 is 24.0 Å². The Bertz CT molecular complexity index is 1290. The summed E-state index contributed by atoms with van der Waals surface area (Å²) < 4.78 is 17.0. The first-order chi connectivity index (χ1) is 17.5. The number of benzene rings is 3. The van der Waals surface area contributed by atoms with E-state index in [0.29, 0.717) is 33.0 Å². The Kier molecular flexibility index (Phi) is 8.24. The summed E-state index contributed by atoms with van der Waals surface area (Å²) in [4.78, 5) is 27.3. The lowest BCUT2D eigenvalue weighted by Crippen LogP contribution is -2.27. The molecule has 1 aliphatic rings. The highest BCUT2D eigenvalue weighted by Gasteiger charge is 2.33. The van der Waals surface area contributed by atoms with Gasteiger partial charge in [-0.2, -0.15) is 0 Å². The van der Waals surface area contributed by atoms with Gasteiger partial charge < -0.3 is 19.5 Å². The molecule has 0 unspecified atom stereocenters. The SMILES string of the molecule is CCOc1ccc(NC(=O)COc2ccc(/C=C3\SC(=S)N(c4ccccc4)C3=O)cc2OC)cc1. The molecule has 1 saturated heterocycles. The van der Waals surface area contributed by atoms with E-state index in [9.17, 15) is 9.59 Å². The quantitative estimate of drug-likeness (QED) is 0.294. The minimum Gasteiger partial charge on any atom is -0.494 e. The largest absolute Gasteiger partial charge is 0.494 e. The number of para-hydroxylation sites is 1. The number of thioether (sulfide) groups is 1. The summed E-state index contributed by atoms with van der Waals surface area (Å²) in [5.41, 5.74) is 2.11. The lowest BCUT2D eigenvalue weighted by atomic mass is 10.2. The smallest absolute Gasteiger partial charge is 0.270 e. The van der Waals surface area contributed by atoms with Crippen LogP contribution in [-0.2, 0) is 9.59 Å². The number of nitrogens with one attached hydrogen (secondary N) is 1. The first-order valence-electron chi connectivity index (χ1n) is 11.1. The molecule has 1 aliphatic heterocycles. The Morgan fingerprint density at radius 3 is 2.47 bits per heavy atom. The molecule has 1 fully saturated rings. The monoisotopic (exact) mass is 520 g/mol. The fourth-order valence-electron chi connectivity index (χ4n) is 3.45. The highest BCUT2D eigenvalue weighted by atomic mass is 32.2. The summed E-state index contributed by atoms with van der Waals surface area (Å²) in [5, 5.41) is 2.78. The standard InChI is InChI=1S/C27H24N2O5S2/c1-3-33-21-12-10-19(11-13-21)28-25(30)17-34-22-14-9-18(15-23(22)32-2)16-24-26(31)29(27(35)36-24)20-7-5-4-6-8-20/h4-16H,3,17H2,1-2H3,(H,28,30)/b24-16-. The Morgan fingerprint density at radius 2 is 1.78 bits per heavy atom. The number of ether oxygens (including phenoxy) is 3. The van der Waals surface area contributed by atoms with Gasteiger partial charge in [-0.3, -0.25) is 14.5 Å². The van der Waals surface area contributed by atoms with E-state index in [2.05, 4.69) is 5.32 Å².